The lowest BCUT2D eigenvalue weighted by atomic mass is 10.1. The van der Waals surface area contributed by atoms with Gasteiger partial charge in [-0.25, -0.2) is 0 Å². The summed E-state index contributed by atoms with van der Waals surface area (Å²) in [5.74, 6) is -0.145. The topological polar surface area (TPSA) is 46.2 Å². The third-order valence-electron chi connectivity index (χ3n) is 1.79. The normalized spacial score (nSPS) is 9.57. The molecule has 0 saturated carbocycles. The molecule has 0 aromatic heterocycles. The van der Waals surface area contributed by atoms with Crippen molar-refractivity contribution in [3.8, 4) is 0 Å². The molecule has 0 unspecified atom stereocenters. The molecular formula is C10H10ClNO2. The zero-order valence-electron chi connectivity index (χ0n) is 7.71. The van der Waals surface area contributed by atoms with Gasteiger partial charge in [0.05, 0.1) is 0 Å². The highest BCUT2D eigenvalue weighted by atomic mass is 35.5. The van der Waals surface area contributed by atoms with Crippen molar-refractivity contribution in [1.29, 1.82) is 0 Å². The number of rotatable bonds is 3. The van der Waals surface area contributed by atoms with E-state index in [2.05, 4.69) is 5.32 Å². The summed E-state index contributed by atoms with van der Waals surface area (Å²) in [6.45, 7) is 0. The number of hydrogen-bond donors (Lipinski definition) is 1. The van der Waals surface area contributed by atoms with E-state index in [0.29, 0.717) is 5.56 Å². The van der Waals surface area contributed by atoms with Gasteiger partial charge in [0.1, 0.15) is 0 Å². The smallest absolute Gasteiger partial charge is 0.251 e. The van der Waals surface area contributed by atoms with Crippen molar-refractivity contribution < 1.29 is 9.59 Å². The van der Waals surface area contributed by atoms with Crippen LogP contribution in [-0.2, 0) is 11.2 Å². The summed E-state index contributed by atoms with van der Waals surface area (Å²) in [4.78, 5) is 21.7. The fourth-order valence-corrected chi connectivity index (χ4v) is 1.23. The molecule has 4 heteroatoms. The zero-order chi connectivity index (χ0) is 10.6. The first-order chi connectivity index (χ1) is 6.63. The average molecular weight is 212 g/mol. The van der Waals surface area contributed by atoms with Gasteiger partial charge in [-0.1, -0.05) is 12.1 Å². The molecule has 0 spiro atoms. The zero-order valence-corrected chi connectivity index (χ0v) is 8.47. The van der Waals surface area contributed by atoms with Crippen LogP contribution in [0.5, 0.6) is 0 Å². The first kappa shape index (κ1) is 10.7. The summed E-state index contributed by atoms with van der Waals surface area (Å²) in [5.41, 5.74) is 1.37. The molecule has 1 N–H and O–H groups in total. The van der Waals surface area contributed by atoms with Crippen LogP contribution in [0.1, 0.15) is 15.9 Å². The van der Waals surface area contributed by atoms with Crippen LogP contribution in [0, 0.1) is 0 Å². The van der Waals surface area contributed by atoms with Crippen molar-refractivity contribution in [2.24, 2.45) is 0 Å². The van der Waals surface area contributed by atoms with Gasteiger partial charge in [-0.15, -0.1) is 0 Å². The lowest BCUT2D eigenvalue weighted by molar-refractivity contribution is -0.111. The van der Waals surface area contributed by atoms with E-state index >= 15 is 0 Å². The van der Waals surface area contributed by atoms with E-state index in [1.54, 1.807) is 31.3 Å². The van der Waals surface area contributed by atoms with Crippen LogP contribution in [0.25, 0.3) is 0 Å². The number of nitrogens with one attached hydrogen (secondary N) is 1. The van der Waals surface area contributed by atoms with E-state index in [-0.39, 0.29) is 12.3 Å². The van der Waals surface area contributed by atoms with Gasteiger partial charge in [0.15, 0.2) is 0 Å². The van der Waals surface area contributed by atoms with Crippen LogP contribution in [0.3, 0.4) is 0 Å². The second kappa shape index (κ2) is 4.77. The minimum Gasteiger partial charge on any atom is -0.355 e. The quantitative estimate of drug-likeness (QED) is 0.768. The predicted molar refractivity (Wildman–Crippen MR) is 54.4 cm³/mol. The summed E-state index contributed by atoms with van der Waals surface area (Å²) in [6.07, 6.45) is 0.190. The number of halogens is 1. The minimum absolute atomic E-state index is 0.145. The maximum absolute atomic E-state index is 11.1. The van der Waals surface area contributed by atoms with E-state index in [1.807, 2.05) is 0 Å². The van der Waals surface area contributed by atoms with Gasteiger partial charge in [-0.3, -0.25) is 9.59 Å². The van der Waals surface area contributed by atoms with Gasteiger partial charge >= 0.3 is 0 Å². The fraction of sp³-hybridized carbons (Fsp3) is 0.200. The number of carbonyl (C=O) groups excluding carboxylic acids is 2. The molecule has 0 aliphatic rings. The number of benzene rings is 1. The predicted octanol–water partition coefficient (Wildman–Crippen LogP) is 1.35. The monoisotopic (exact) mass is 211 g/mol. The molecule has 1 rings (SSSR count). The number of hydrogen-bond acceptors (Lipinski definition) is 2. The number of amides is 1. The van der Waals surface area contributed by atoms with E-state index in [9.17, 15) is 9.59 Å². The molecule has 74 valence electrons. The third kappa shape index (κ3) is 2.85. The second-order valence-corrected chi connectivity index (χ2v) is 3.23. The van der Waals surface area contributed by atoms with Crippen LogP contribution < -0.4 is 5.32 Å². The van der Waals surface area contributed by atoms with Crippen molar-refractivity contribution >= 4 is 22.8 Å². The summed E-state index contributed by atoms with van der Waals surface area (Å²) in [6, 6.07) is 6.75. The van der Waals surface area contributed by atoms with Crippen LogP contribution in [0.2, 0.25) is 0 Å². The largest absolute Gasteiger partial charge is 0.355 e. The molecule has 0 bridgehead atoms. The Labute approximate surface area is 87.1 Å². The molecule has 0 heterocycles. The van der Waals surface area contributed by atoms with Gasteiger partial charge in [-0.2, -0.15) is 0 Å². The Hall–Kier alpha value is -1.35. The maximum atomic E-state index is 11.1. The van der Waals surface area contributed by atoms with Crippen molar-refractivity contribution in [3.63, 3.8) is 0 Å². The first-order valence-electron chi connectivity index (χ1n) is 4.13. The summed E-state index contributed by atoms with van der Waals surface area (Å²) in [5, 5.41) is 2.10. The highest BCUT2D eigenvalue weighted by Crippen LogP contribution is 2.06. The Balaban J connectivity index is 2.78. The van der Waals surface area contributed by atoms with Crippen molar-refractivity contribution in [2.45, 2.75) is 6.42 Å². The van der Waals surface area contributed by atoms with Gasteiger partial charge in [0, 0.05) is 19.0 Å². The Kier molecular flexibility index (Phi) is 3.65. The van der Waals surface area contributed by atoms with E-state index in [0.717, 1.165) is 5.56 Å². The van der Waals surface area contributed by atoms with Gasteiger partial charge in [-0.05, 0) is 29.3 Å². The SMILES string of the molecule is CNC(=O)c1ccc(CC(=O)Cl)cc1. The van der Waals surface area contributed by atoms with Crippen LogP contribution in [-0.4, -0.2) is 18.2 Å². The maximum Gasteiger partial charge on any atom is 0.251 e. The minimum atomic E-state index is -0.405. The molecular weight excluding hydrogens is 202 g/mol. The van der Waals surface area contributed by atoms with Crippen molar-refractivity contribution in [3.05, 3.63) is 35.4 Å². The summed E-state index contributed by atoms with van der Waals surface area (Å²) in [7, 11) is 1.57. The highest BCUT2D eigenvalue weighted by Gasteiger charge is 2.03. The first-order valence-corrected chi connectivity index (χ1v) is 4.50. The fourth-order valence-electron chi connectivity index (χ4n) is 1.08. The molecule has 1 aromatic carbocycles. The average Bonchev–Trinajstić information content (AvgIpc) is 2.17. The van der Waals surface area contributed by atoms with Gasteiger partial charge in [0.25, 0.3) is 5.91 Å². The summed E-state index contributed by atoms with van der Waals surface area (Å²) < 4.78 is 0. The van der Waals surface area contributed by atoms with Crippen LogP contribution in [0.15, 0.2) is 24.3 Å². The Morgan fingerprint density at radius 3 is 2.29 bits per heavy atom. The lowest BCUT2D eigenvalue weighted by Gasteiger charge is -2.00. The molecule has 3 nitrogen and oxygen atoms in total. The van der Waals surface area contributed by atoms with Crippen molar-refractivity contribution in [2.75, 3.05) is 7.05 Å². The van der Waals surface area contributed by atoms with E-state index in [1.165, 1.54) is 0 Å². The van der Waals surface area contributed by atoms with E-state index in [4.69, 9.17) is 11.6 Å². The second-order valence-electron chi connectivity index (χ2n) is 2.81. The van der Waals surface area contributed by atoms with Crippen molar-refractivity contribution in [1.82, 2.24) is 5.32 Å². The van der Waals surface area contributed by atoms with E-state index < -0.39 is 5.24 Å². The molecule has 1 aromatic rings. The molecule has 0 aliphatic heterocycles. The Morgan fingerprint density at radius 2 is 1.86 bits per heavy atom. The van der Waals surface area contributed by atoms with Gasteiger partial charge in [0.2, 0.25) is 5.24 Å². The lowest BCUT2D eigenvalue weighted by Crippen LogP contribution is -2.17. The summed E-state index contributed by atoms with van der Waals surface area (Å²) >= 11 is 5.22. The molecule has 1 amide bonds. The molecule has 0 saturated heterocycles. The third-order valence-corrected chi connectivity index (χ3v) is 1.92. The molecule has 0 atom stereocenters. The Morgan fingerprint density at radius 1 is 1.29 bits per heavy atom. The van der Waals surface area contributed by atoms with Gasteiger partial charge < -0.3 is 5.32 Å². The molecule has 0 aliphatic carbocycles. The highest BCUT2D eigenvalue weighted by molar-refractivity contribution is 6.63. The molecule has 0 fully saturated rings. The van der Waals surface area contributed by atoms with Crippen LogP contribution >= 0.6 is 11.6 Å². The standard InChI is InChI=1S/C10H10ClNO2/c1-12-10(14)8-4-2-7(3-5-8)6-9(11)13/h2-5H,6H2,1H3,(H,12,14). The molecule has 14 heavy (non-hydrogen) atoms. The number of carbonyl (C=O) groups is 2. The molecule has 0 radical (unpaired) electrons. The van der Waals surface area contributed by atoms with Crippen LogP contribution in [0.4, 0.5) is 0 Å². The Bertz CT molecular complexity index is 346.